The highest BCUT2D eigenvalue weighted by Gasteiger charge is 2.19. The second-order valence-corrected chi connectivity index (χ2v) is 18.5. The summed E-state index contributed by atoms with van der Waals surface area (Å²) in [6, 6.07) is 0. The molecule has 384 valence electrons. The summed E-state index contributed by atoms with van der Waals surface area (Å²) >= 11 is 0. The van der Waals surface area contributed by atoms with Crippen LogP contribution in [0.5, 0.6) is 0 Å². The number of carbonyl (C=O) groups is 3. The van der Waals surface area contributed by atoms with E-state index in [1.165, 1.54) is 116 Å². The predicted molar refractivity (Wildman–Crippen MR) is 288 cm³/mol. The summed E-state index contributed by atoms with van der Waals surface area (Å²) in [6.07, 6.45) is 71.8. The number of unbranched alkanes of at least 4 members (excludes halogenated alkanes) is 25. The molecule has 0 saturated carbocycles. The van der Waals surface area contributed by atoms with E-state index in [0.29, 0.717) is 19.3 Å². The molecule has 0 fully saturated rings. The van der Waals surface area contributed by atoms with Gasteiger partial charge < -0.3 is 14.2 Å². The second-order valence-electron chi connectivity index (χ2n) is 18.5. The van der Waals surface area contributed by atoms with Crippen LogP contribution in [-0.4, -0.2) is 37.2 Å². The molecule has 0 aromatic heterocycles. The van der Waals surface area contributed by atoms with Gasteiger partial charge in [0.2, 0.25) is 0 Å². The number of hydrogen-bond acceptors (Lipinski definition) is 6. The van der Waals surface area contributed by atoms with Crippen molar-refractivity contribution in [3.63, 3.8) is 0 Å². The first kappa shape index (κ1) is 63.6. The van der Waals surface area contributed by atoms with E-state index in [0.717, 1.165) is 109 Å². The van der Waals surface area contributed by atoms with Crippen molar-refractivity contribution < 1.29 is 28.6 Å². The van der Waals surface area contributed by atoms with Gasteiger partial charge in [-0.25, -0.2) is 0 Å². The van der Waals surface area contributed by atoms with Crippen LogP contribution in [-0.2, 0) is 28.6 Å². The molecular weight excluding hydrogens is 829 g/mol. The van der Waals surface area contributed by atoms with Crippen molar-refractivity contribution in [1.82, 2.24) is 0 Å². The SMILES string of the molecule is CC/C=C\C/C=C\C/C=C\C/C=C\C/C=C\CCCCCCCCCC(=O)OCC(COC(=O)CCCCCCC)OC(=O)CCCCCCCCCCC/C=C\C/C=C\CCCCCCC. The maximum Gasteiger partial charge on any atom is 0.306 e. The molecule has 0 aliphatic heterocycles. The minimum absolute atomic E-state index is 0.0825. The van der Waals surface area contributed by atoms with Gasteiger partial charge in [0.25, 0.3) is 0 Å². The fourth-order valence-electron chi connectivity index (χ4n) is 7.68. The van der Waals surface area contributed by atoms with Crippen LogP contribution in [0.15, 0.2) is 85.1 Å². The Morgan fingerprint density at radius 3 is 0.910 bits per heavy atom. The van der Waals surface area contributed by atoms with Crippen LogP contribution in [0.4, 0.5) is 0 Å². The molecule has 6 heteroatoms. The summed E-state index contributed by atoms with van der Waals surface area (Å²) in [4.78, 5) is 37.8. The van der Waals surface area contributed by atoms with E-state index in [2.05, 4.69) is 106 Å². The minimum Gasteiger partial charge on any atom is -0.462 e. The van der Waals surface area contributed by atoms with Crippen molar-refractivity contribution in [2.45, 2.75) is 271 Å². The van der Waals surface area contributed by atoms with Crippen molar-refractivity contribution in [1.29, 1.82) is 0 Å². The molecule has 0 aliphatic carbocycles. The molecule has 0 N–H and O–H groups in total. The van der Waals surface area contributed by atoms with E-state index in [4.69, 9.17) is 14.2 Å². The molecule has 1 unspecified atom stereocenters. The highest BCUT2D eigenvalue weighted by molar-refractivity contribution is 5.71. The lowest BCUT2D eigenvalue weighted by Crippen LogP contribution is -2.30. The summed E-state index contributed by atoms with van der Waals surface area (Å²) in [6.45, 7) is 6.43. The Labute approximate surface area is 414 Å². The van der Waals surface area contributed by atoms with Crippen LogP contribution in [0.25, 0.3) is 0 Å². The van der Waals surface area contributed by atoms with E-state index in [9.17, 15) is 14.4 Å². The van der Waals surface area contributed by atoms with Crippen LogP contribution in [0.2, 0.25) is 0 Å². The average molecular weight is 933 g/mol. The first-order valence-corrected chi connectivity index (χ1v) is 28.1. The summed E-state index contributed by atoms with van der Waals surface area (Å²) < 4.78 is 16.7. The lowest BCUT2D eigenvalue weighted by atomic mass is 10.1. The zero-order valence-electron chi connectivity index (χ0n) is 43.9. The van der Waals surface area contributed by atoms with Gasteiger partial charge in [0.1, 0.15) is 13.2 Å². The largest absolute Gasteiger partial charge is 0.462 e. The Balaban J connectivity index is 4.15. The number of esters is 3. The molecule has 0 aromatic rings. The number of ether oxygens (including phenoxy) is 3. The summed E-state index contributed by atoms with van der Waals surface area (Å²) in [5.74, 6) is -0.909. The van der Waals surface area contributed by atoms with Crippen molar-refractivity contribution in [2.75, 3.05) is 13.2 Å². The minimum atomic E-state index is -0.780. The van der Waals surface area contributed by atoms with Gasteiger partial charge in [-0.3, -0.25) is 14.4 Å². The summed E-state index contributed by atoms with van der Waals surface area (Å²) in [5.41, 5.74) is 0. The van der Waals surface area contributed by atoms with Gasteiger partial charge in [0.05, 0.1) is 0 Å². The van der Waals surface area contributed by atoms with Crippen molar-refractivity contribution in [3.8, 4) is 0 Å². The topological polar surface area (TPSA) is 78.9 Å². The third-order valence-corrected chi connectivity index (χ3v) is 11.9. The fraction of sp³-hybridized carbons (Fsp3) is 0.721. The summed E-state index contributed by atoms with van der Waals surface area (Å²) in [5, 5.41) is 0. The maximum atomic E-state index is 12.8. The molecule has 0 aromatic carbocycles. The van der Waals surface area contributed by atoms with Gasteiger partial charge in [-0.2, -0.15) is 0 Å². The molecule has 0 radical (unpaired) electrons. The van der Waals surface area contributed by atoms with Crippen LogP contribution in [0.3, 0.4) is 0 Å². The third kappa shape index (κ3) is 53.4. The zero-order valence-corrected chi connectivity index (χ0v) is 43.9. The first-order chi connectivity index (χ1) is 33.0. The molecular formula is C61H104O6. The number of hydrogen-bond donors (Lipinski definition) is 0. The van der Waals surface area contributed by atoms with E-state index < -0.39 is 6.10 Å². The van der Waals surface area contributed by atoms with Crippen molar-refractivity contribution >= 4 is 17.9 Å². The van der Waals surface area contributed by atoms with Gasteiger partial charge >= 0.3 is 17.9 Å². The van der Waals surface area contributed by atoms with E-state index in [1.807, 2.05) is 0 Å². The Hall–Kier alpha value is -3.41. The molecule has 0 heterocycles. The standard InChI is InChI=1S/C61H104O6/c1-4-7-10-13-15-17-19-21-23-25-27-29-30-32-33-35-37-39-41-43-45-48-51-54-60(63)66-57-58(56-65-59(62)53-50-47-12-9-6-3)67-61(64)55-52-49-46-44-42-40-38-36-34-31-28-26-24-22-20-18-16-14-11-8-5-2/h7,10,15,17,20-23,26-29,32-33,58H,4-6,8-9,11-14,16,18-19,24-25,30-31,34-57H2,1-3H3/b10-7-,17-15-,22-20-,23-21-,28-26-,29-27-,33-32-. The van der Waals surface area contributed by atoms with Gasteiger partial charge in [0.15, 0.2) is 6.10 Å². The third-order valence-electron chi connectivity index (χ3n) is 11.9. The smallest absolute Gasteiger partial charge is 0.306 e. The predicted octanol–water partition coefficient (Wildman–Crippen LogP) is 18.8. The van der Waals surface area contributed by atoms with Crippen LogP contribution >= 0.6 is 0 Å². The average Bonchev–Trinajstić information content (AvgIpc) is 3.33. The van der Waals surface area contributed by atoms with Crippen molar-refractivity contribution in [3.05, 3.63) is 85.1 Å². The second kappa shape index (κ2) is 55.2. The lowest BCUT2D eigenvalue weighted by molar-refractivity contribution is -0.167. The fourth-order valence-corrected chi connectivity index (χ4v) is 7.68. The normalized spacial score (nSPS) is 12.7. The first-order valence-electron chi connectivity index (χ1n) is 28.1. The van der Waals surface area contributed by atoms with E-state index >= 15 is 0 Å². The van der Waals surface area contributed by atoms with Crippen LogP contribution < -0.4 is 0 Å². The number of rotatable bonds is 50. The zero-order chi connectivity index (χ0) is 48.6. The Kier molecular flexibility index (Phi) is 52.4. The highest BCUT2D eigenvalue weighted by atomic mass is 16.6. The van der Waals surface area contributed by atoms with Gasteiger partial charge in [0, 0.05) is 19.3 Å². The molecule has 0 amide bonds. The maximum absolute atomic E-state index is 12.8. The molecule has 0 aliphatic rings. The van der Waals surface area contributed by atoms with Crippen molar-refractivity contribution in [2.24, 2.45) is 0 Å². The molecule has 0 rings (SSSR count). The molecule has 0 saturated heterocycles. The Morgan fingerprint density at radius 2 is 0.582 bits per heavy atom. The summed E-state index contributed by atoms with van der Waals surface area (Å²) in [7, 11) is 0. The Bertz CT molecular complexity index is 1300. The molecule has 67 heavy (non-hydrogen) atoms. The van der Waals surface area contributed by atoms with Crippen LogP contribution in [0, 0.1) is 0 Å². The number of carbonyl (C=O) groups excluding carboxylic acids is 3. The highest BCUT2D eigenvalue weighted by Crippen LogP contribution is 2.15. The van der Waals surface area contributed by atoms with E-state index in [1.54, 1.807) is 0 Å². The monoisotopic (exact) mass is 933 g/mol. The van der Waals surface area contributed by atoms with Gasteiger partial charge in [-0.15, -0.1) is 0 Å². The molecule has 6 nitrogen and oxygen atoms in total. The number of allylic oxidation sites excluding steroid dienone is 14. The quantitative estimate of drug-likeness (QED) is 0.0262. The van der Waals surface area contributed by atoms with Gasteiger partial charge in [-0.1, -0.05) is 234 Å². The van der Waals surface area contributed by atoms with Crippen LogP contribution in [0.1, 0.15) is 265 Å². The molecule has 0 bridgehead atoms. The Morgan fingerprint density at radius 1 is 0.313 bits per heavy atom. The molecule has 0 spiro atoms. The molecule has 1 atom stereocenters. The lowest BCUT2D eigenvalue weighted by Gasteiger charge is -2.18. The van der Waals surface area contributed by atoms with Gasteiger partial charge in [-0.05, 0) is 96.3 Å². The van der Waals surface area contributed by atoms with E-state index in [-0.39, 0.29) is 31.1 Å².